The summed E-state index contributed by atoms with van der Waals surface area (Å²) in [6.45, 7) is 3.65. The summed E-state index contributed by atoms with van der Waals surface area (Å²) in [5.41, 5.74) is 6.54. The van der Waals surface area contributed by atoms with Crippen LogP contribution in [0.15, 0.2) is 48.5 Å². The molecule has 0 spiro atoms. The second kappa shape index (κ2) is 11.2. The van der Waals surface area contributed by atoms with E-state index in [0.29, 0.717) is 16.8 Å². The molecule has 1 atom stereocenters. The number of alkyl halides is 3. The predicted octanol–water partition coefficient (Wildman–Crippen LogP) is 2.51. The molecule has 0 bridgehead atoms. The molecule has 0 saturated carbocycles. The molecule has 0 unspecified atom stereocenters. The van der Waals surface area contributed by atoms with E-state index in [4.69, 9.17) is 5.73 Å². The van der Waals surface area contributed by atoms with Crippen molar-refractivity contribution >= 4 is 29.5 Å². The van der Waals surface area contributed by atoms with Crippen LogP contribution in [-0.2, 0) is 16.0 Å². The van der Waals surface area contributed by atoms with E-state index in [0.717, 1.165) is 12.1 Å². The monoisotopic (exact) mass is 480 g/mol. The maximum atomic E-state index is 12.3. The van der Waals surface area contributed by atoms with Gasteiger partial charge in [-0.05, 0) is 55.8 Å². The number of nitrogens with two attached hydrogens (primary N) is 1. The number of urea groups is 1. The van der Waals surface area contributed by atoms with Gasteiger partial charge in [0.15, 0.2) is 0 Å². The van der Waals surface area contributed by atoms with Crippen LogP contribution in [0.3, 0.4) is 0 Å². The Morgan fingerprint density at radius 1 is 0.941 bits per heavy atom. The van der Waals surface area contributed by atoms with E-state index in [1.54, 1.807) is 0 Å². The van der Waals surface area contributed by atoms with Crippen molar-refractivity contribution in [3.63, 3.8) is 0 Å². The fraction of sp³-hybridized carbons (Fsp3) is 0.273. The number of hydrogen-bond acceptors (Lipinski definition) is 5. The minimum Gasteiger partial charge on any atom is -0.420 e. The molecule has 2 aromatic rings. The van der Waals surface area contributed by atoms with Gasteiger partial charge in [-0.3, -0.25) is 9.59 Å². The lowest BCUT2D eigenvalue weighted by molar-refractivity contribution is -0.189. The summed E-state index contributed by atoms with van der Waals surface area (Å²) in [6, 6.07) is 9.04. The first-order valence-corrected chi connectivity index (χ1v) is 10.0. The summed E-state index contributed by atoms with van der Waals surface area (Å²) in [5, 5.41) is 7.65. The van der Waals surface area contributed by atoms with Gasteiger partial charge >= 0.3 is 18.2 Å². The van der Waals surface area contributed by atoms with Gasteiger partial charge in [-0.2, -0.15) is 13.2 Å². The van der Waals surface area contributed by atoms with Crippen LogP contribution in [0.25, 0.3) is 0 Å². The number of carbonyl (C=O) groups is 4. The predicted molar refractivity (Wildman–Crippen MR) is 116 cm³/mol. The van der Waals surface area contributed by atoms with Crippen molar-refractivity contribution in [1.29, 1.82) is 0 Å². The van der Waals surface area contributed by atoms with Crippen LogP contribution in [0.5, 0.6) is 5.75 Å². The number of hydrogen-bond donors (Lipinski definition) is 4. The molecule has 34 heavy (non-hydrogen) atoms. The summed E-state index contributed by atoms with van der Waals surface area (Å²) in [4.78, 5) is 46.9. The maximum absolute atomic E-state index is 12.3. The van der Waals surface area contributed by atoms with Crippen LogP contribution in [-0.4, -0.2) is 42.1 Å². The molecule has 182 valence electrons. The third-order valence-corrected chi connectivity index (χ3v) is 4.28. The SMILES string of the molecule is CC(C)NC(=O)c1ccc(NC(=O)N[C@@H](Cc2ccc(OC(=O)C(F)(F)F)cc2)C(N)=O)cc1. The maximum Gasteiger partial charge on any atom is 0.491 e. The number of amides is 4. The molecule has 0 saturated heterocycles. The number of anilines is 1. The number of benzene rings is 2. The summed E-state index contributed by atoms with van der Waals surface area (Å²) < 4.78 is 41.0. The van der Waals surface area contributed by atoms with Crippen LogP contribution in [0.1, 0.15) is 29.8 Å². The average molecular weight is 480 g/mol. The first kappa shape index (κ1) is 26.2. The summed E-state index contributed by atoms with van der Waals surface area (Å²) in [5.74, 6) is -3.80. The molecule has 0 aromatic heterocycles. The van der Waals surface area contributed by atoms with Crippen molar-refractivity contribution in [2.45, 2.75) is 38.5 Å². The fourth-order valence-corrected chi connectivity index (χ4v) is 2.69. The first-order chi connectivity index (χ1) is 15.8. The highest BCUT2D eigenvalue weighted by atomic mass is 19.4. The lowest BCUT2D eigenvalue weighted by Gasteiger charge is -2.17. The van der Waals surface area contributed by atoms with Crippen LogP contribution >= 0.6 is 0 Å². The molecular weight excluding hydrogens is 457 g/mol. The van der Waals surface area contributed by atoms with Crippen molar-refractivity contribution in [3.8, 4) is 5.75 Å². The zero-order valence-corrected chi connectivity index (χ0v) is 18.2. The Morgan fingerprint density at radius 3 is 2.03 bits per heavy atom. The van der Waals surface area contributed by atoms with Gasteiger partial charge in [0.1, 0.15) is 11.8 Å². The van der Waals surface area contributed by atoms with Gasteiger partial charge in [-0.25, -0.2) is 9.59 Å². The zero-order chi connectivity index (χ0) is 25.5. The van der Waals surface area contributed by atoms with Gasteiger partial charge in [-0.15, -0.1) is 0 Å². The fourth-order valence-electron chi connectivity index (χ4n) is 2.69. The molecular formula is C22H23F3N4O5. The van der Waals surface area contributed by atoms with Crippen LogP contribution in [0.4, 0.5) is 23.7 Å². The van der Waals surface area contributed by atoms with Gasteiger partial charge < -0.3 is 26.4 Å². The van der Waals surface area contributed by atoms with Crippen molar-refractivity contribution < 1.29 is 37.1 Å². The van der Waals surface area contributed by atoms with E-state index < -0.39 is 30.1 Å². The summed E-state index contributed by atoms with van der Waals surface area (Å²) in [6.07, 6.45) is -5.20. The smallest absolute Gasteiger partial charge is 0.420 e. The van der Waals surface area contributed by atoms with E-state index >= 15 is 0 Å². The summed E-state index contributed by atoms with van der Waals surface area (Å²) >= 11 is 0. The quantitative estimate of drug-likeness (QED) is 0.340. The van der Waals surface area contributed by atoms with Crippen molar-refractivity contribution in [3.05, 3.63) is 59.7 Å². The number of halogens is 3. The Balaban J connectivity index is 1.96. The average Bonchev–Trinajstić information content (AvgIpc) is 2.73. The number of ether oxygens (including phenoxy) is 1. The topological polar surface area (TPSA) is 140 Å². The zero-order valence-electron chi connectivity index (χ0n) is 18.2. The molecule has 0 aliphatic heterocycles. The van der Waals surface area contributed by atoms with E-state index in [-0.39, 0.29) is 24.1 Å². The van der Waals surface area contributed by atoms with Crippen LogP contribution < -0.4 is 26.4 Å². The molecule has 2 aromatic carbocycles. The normalized spacial score (nSPS) is 11.9. The second-order valence-electron chi connectivity index (χ2n) is 7.49. The van der Waals surface area contributed by atoms with Crippen LogP contribution in [0, 0.1) is 0 Å². The Morgan fingerprint density at radius 2 is 1.53 bits per heavy atom. The van der Waals surface area contributed by atoms with Gasteiger partial charge in [0.05, 0.1) is 0 Å². The minimum absolute atomic E-state index is 0.0343. The lowest BCUT2D eigenvalue weighted by atomic mass is 10.1. The Bertz CT molecular complexity index is 1040. The Labute approximate surface area is 192 Å². The van der Waals surface area contributed by atoms with E-state index in [2.05, 4.69) is 20.7 Å². The lowest BCUT2D eigenvalue weighted by Crippen LogP contribution is -2.47. The Hall–Kier alpha value is -4.09. The number of nitrogens with one attached hydrogen (secondary N) is 3. The van der Waals surface area contributed by atoms with Crippen LogP contribution in [0.2, 0.25) is 0 Å². The van der Waals surface area contributed by atoms with Gasteiger partial charge in [-0.1, -0.05) is 12.1 Å². The molecule has 9 nitrogen and oxygen atoms in total. The van der Waals surface area contributed by atoms with Crippen molar-refractivity contribution in [2.24, 2.45) is 5.73 Å². The molecule has 5 N–H and O–H groups in total. The number of esters is 1. The number of carbonyl (C=O) groups excluding carboxylic acids is 4. The largest absolute Gasteiger partial charge is 0.491 e. The molecule has 12 heteroatoms. The van der Waals surface area contributed by atoms with E-state index in [1.807, 2.05) is 13.8 Å². The summed E-state index contributed by atoms with van der Waals surface area (Å²) in [7, 11) is 0. The molecule has 0 heterocycles. The third kappa shape index (κ3) is 8.11. The molecule has 0 radical (unpaired) electrons. The Kier molecular flexibility index (Phi) is 8.59. The van der Waals surface area contributed by atoms with E-state index in [1.165, 1.54) is 36.4 Å². The molecule has 2 rings (SSSR count). The van der Waals surface area contributed by atoms with Crippen molar-refractivity contribution in [1.82, 2.24) is 10.6 Å². The highest BCUT2D eigenvalue weighted by Crippen LogP contribution is 2.20. The molecule has 0 aliphatic carbocycles. The minimum atomic E-state index is -5.13. The molecule has 4 amide bonds. The number of rotatable bonds is 8. The first-order valence-electron chi connectivity index (χ1n) is 10.0. The van der Waals surface area contributed by atoms with E-state index in [9.17, 15) is 32.3 Å². The number of primary amides is 1. The standard InChI is InChI=1S/C22H23F3N4O5/c1-12(2)27-19(31)14-5-7-15(8-6-14)28-21(33)29-17(18(26)30)11-13-3-9-16(10-4-13)34-20(32)22(23,24)25/h3-10,12,17H,11H2,1-2H3,(H2,26,30)(H,27,31)(H2,28,29,33)/t17-/m0/s1. The molecule has 0 aliphatic rings. The third-order valence-electron chi connectivity index (χ3n) is 4.28. The van der Waals surface area contributed by atoms with Crippen molar-refractivity contribution in [2.75, 3.05) is 5.32 Å². The highest BCUT2D eigenvalue weighted by molar-refractivity contribution is 5.96. The van der Waals surface area contributed by atoms with Gasteiger partial charge in [0.2, 0.25) is 5.91 Å². The highest BCUT2D eigenvalue weighted by Gasteiger charge is 2.41. The van der Waals surface area contributed by atoms with Gasteiger partial charge in [0, 0.05) is 23.7 Å². The van der Waals surface area contributed by atoms with Gasteiger partial charge in [0.25, 0.3) is 5.91 Å². The molecule has 0 fully saturated rings. The second-order valence-corrected chi connectivity index (χ2v) is 7.49.